The average Bonchev–Trinajstić information content (AvgIpc) is 2.48. The highest BCUT2D eigenvalue weighted by Gasteiger charge is 2.49. The van der Waals surface area contributed by atoms with Crippen molar-refractivity contribution in [3.63, 3.8) is 0 Å². The molecule has 0 radical (unpaired) electrons. The van der Waals surface area contributed by atoms with Crippen LogP contribution in [0, 0.1) is 0 Å². The first-order chi connectivity index (χ1) is 4.89. The molecule has 3 aliphatic rings. The summed E-state index contributed by atoms with van der Waals surface area (Å²) in [5, 5.41) is 0. The van der Waals surface area contributed by atoms with E-state index in [1.165, 1.54) is 0 Å². The third kappa shape index (κ3) is 0.351. The molecule has 0 saturated carbocycles. The first-order valence-electron chi connectivity index (χ1n) is 3.37. The van der Waals surface area contributed by atoms with Gasteiger partial charge in [-0.1, -0.05) is 6.08 Å². The van der Waals surface area contributed by atoms with E-state index in [9.17, 15) is 0 Å². The minimum atomic E-state index is -0.519. The Morgan fingerprint density at radius 2 is 2.60 bits per heavy atom. The molecule has 3 nitrogen and oxygen atoms in total. The van der Waals surface area contributed by atoms with Crippen LogP contribution in [0.5, 0.6) is 0 Å². The molecule has 0 aromatic carbocycles. The summed E-state index contributed by atoms with van der Waals surface area (Å²) in [6.45, 7) is 1.53. The smallest absolute Gasteiger partial charge is 0.316 e. The van der Waals surface area contributed by atoms with Gasteiger partial charge < -0.3 is 14.4 Å². The number of ether oxygens (including phenoxy) is 2. The van der Waals surface area contributed by atoms with Crippen molar-refractivity contribution in [2.24, 2.45) is 0 Å². The second-order valence-corrected chi connectivity index (χ2v) is 2.67. The average molecular weight is 137 g/mol. The zero-order chi connectivity index (χ0) is 6.60. The summed E-state index contributed by atoms with van der Waals surface area (Å²) in [6, 6.07) is 0. The number of rotatable bonds is 0. The summed E-state index contributed by atoms with van der Waals surface area (Å²) in [4.78, 5) is 2.05. The molecule has 1 atom stereocenters. The maximum atomic E-state index is 5.46. The fourth-order valence-electron chi connectivity index (χ4n) is 1.56. The van der Waals surface area contributed by atoms with Gasteiger partial charge in [-0.15, -0.1) is 0 Å². The van der Waals surface area contributed by atoms with Crippen molar-refractivity contribution < 1.29 is 9.47 Å². The molecular formula is C7H7NO2. The summed E-state index contributed by atoms with van der Waals surface area (Å²) >= 11 is 0. The highest BCUT2D eigenvalue weighted by Crippen LogP contribution is 2.40. The molecule has 0 aromatic heterocycles. The third-order valence-corrected chi connectivity index (χ3v) is 2.03. The molecular weight excluding hydrogens is 130 g/mol. The van der Waals surface area contributed by atoms with Crippen molar-refractivity contribution in [3.8, 4) is 0 Å². The zero-order valence-corrected chi connectivity index (χ0v) is 5.41. The molecule has 52 valence electrons. The molecule has 0 aromatic rings. The van der Waals surface area contributed by atoms with Gasteiger partial charge in [0.2, 0.25) is 0 Å². The summed E-state index contributed by atoms with van der Waals surface area (Å²) in [5.41, 5.74) is 0. The van der Waals surface area contributed by atoms with Crippen LogP contribution in [0.3, 0.4) is 0 Å². The van der Waals surface area contributed by atoms with Gasteiger partial charge in [-0.25, -0.2) is 0 Å². The van der Waals surface area contributed by atoms with Crippen LogP contribution in [0.25, 0.3) is 0 Å². The Labute approximate surface area is 58.5 Å². The molecule has 1 spiro atoms. The predicted octanol–water partition coefficient (Wildman–Crippen LogP) is 0.414. The van der Waals surface area contributed by atoms with E-state index in [0.717, 1.165) is 12.3 Å². The normalized spacial score (nSPS) is 40.0. The monoisotopic (exact) mass is 137 g/mol. The molecule has 0 unspecified atom stereocenters. The van der Waals surface area contributed by atoms with Gasteiger partial charge in [-0.05, 0) is 0 Å². The number of hydrogen-bond donors (Lipinski definition) is 0. The van der Waals surface area contributed by atoms with Gasteiger partial charge in [-0.3, -0.25) is 0 Å². The summed E-state index contributed by atoms with van der Waals surface area (Å²) in [5.74, 6) is 0.430. The lowest BCUT2D eigenvalue weighted by Crippen LogP contribution is -2.39. The van der Waals surface area contributed by atoms with Crippen molar-refractivity contribution in [3.05, 3.63) is 24.1 Å². The van der Waals surface area contributed by atoms with E-state index in [4.69, 9.17) is 9.47 Å². The van der Waals surface area contributed by atoms with Crippen molar-refractivity contribution in [2.75, 3.05) is 13.2 Å². The van der Waals surface area contributed by atoms with Crippen molar-refractivity contribution >= 4 is 0 Å². The standard InChI is InChI=1S/C7H7NO2/c1-2-7-8(3-1)4-6(10-7)5-9-7/h1-2,4H,3,5H2/t7-/m0/s1. The van der Waals surface area contributed by atoms with E-state index in [0.29, 0.717) is 6.61 Å². The van der Waals surface area contributed by atoms with Crippen molar-refractivity contribution in [2.45, 2.75) is 5.91 Å². The lowest BCUT2D eigenvalue weighted by molar-refractivity contribution is -0.173. The summed E-state index contributed by atoms with van der Waals surface area (Å²) in [6.07, 6.45) is 6.03. The summed E-state index contributed by atoms with van der Waals surface area (Å²) < 4.78 is 10.9. The molecule has 1 saturated heterocycles. The molecule has 3 rings (SSSR count). The Hall–Kier alpha value is -0.960. The second-order valence-electron chi connectivity index (χ2n) is 2.67. The van der Waals surface area contributed by atoms with E-state index in [1.807, 2.05) is 17.2 Å². The van der Waals surface area contributed by atoms with E-state index < -0.39 is 5.91 Å². The van der Waals surface area contributed by atoms with Gasteiger partial charge in [-0.2, -0.15) is 0 Å². The number of fused-ring (bicyclic) bond motifs is 1. The Balaban J connectivity index is 2.14. The van der Waals surface area contributed by atoms with Gasteiger partial charge >= 0.3 is 5.91 Å². The largest absolute Gasteiger partial charge is 0.441 e. The quantitative estimate of drug-likeness (QED) is 0.451. The van der Waals surface area contributed by atoms with Gasteiger partial charge in [0.1, 0.15) is 12.4 Å². The topological polar surface area (TPSA) is 21.7 Å². The lowest BCUT2D eigenvalue weighted by atomic mass is 10.4. The molecule has 1 fully saturated rings. The van der Waals surface area contributed by atoms with Crippen LogP contribution in [-0.2, 0) is 9.47 Å². The van der Waals surface area contributed by atoms with Crippen LogP contribution < -0.4 is 0 Å². The lowest BCUT2D eigenvalue weighted by Gasteiger charge is -2.26. The van der Waals surface area contributed by atoms with Crippen LogP contribution in [0.15, 0.2) is 24.1 Å². The predicted molar refractivity (Wildman–Crippen MR) is 33.7 cm³/mol. The minimum Gasteiger partial charge on any atom is -0.441 e. The Kier molecular flexibility index (Phi) is 0.587. The van der Waals surface area contributed by atoms with Gasteiger partial charge in [0.05, 0.1) is 0 Å². The Bertz CT molecular complexity index is 246. The third-order valence-electron chi connectivity index (χ3n) is 2.03. The highest BCUT2D eigenvalue weighted by atomic mass is 16.8. The van der Waals surface area contributed by atoms with Gasteiger partial charge in [0.25, 0.3) is 0 Å². The molecule has 0 N–H and O–H groups in total. The maximum Gasteiger partial charge on any atom is 0.316 e. The van der Waals surface area contributed by atoms with Crippen LogP contribution >= 0.6 is 0 Å². The molecule has 3 heterocycles. The van der Waals surface area contributed by atoms with Crippen LogP contribution in [0.4, 0.5) is 0 Å². The SMILES string of the molecule is C1=C[C@@]23OCC(=CN2C1)O3. The van der Waals surface area contributed by atoms with Crippen LogP contribution in [0.2, 0.25) is 0 Å². The van der Waals surface area contributed by atoms with Crippen LogP contribution in [-0.4, -0.2) is 24.0 Å². The fourth-order valence-corrected chi connectivity index (χ4v) is 1.56. The molecule has 3 aliphatic heterocycles. The van der Waals surface area contributed by atoms with E-state index in [1.54, 1.807) is 0 Å². The molecule has 2 bridgehead atoms. The van der Waals surface area contributed by atoms with E-state index in [-0.39, 0.29) is 0 Å². The molecule has 3 heteroatoms. The van der Waals surface area contributed by atoms with Gasteiger partial charge in [0.15, 0.2) is 0 Å². The first-order valence-corrected chi connectivity index (χ1v) is 3.37. The first kappa shape index (κ1) is 4.79. The Morgan fingerprint density at radius 3 is 3.40 bits per heavy atom. The van der Waals surface area contributed by atoms with Gasteiger partial charge in [0, 0.05) is 18.8 Å². The summed E-state index contributed by atoms with van der Waals surface area (Å²) in [7, 11) is 0. The van der Waals surface area contributed by atoms with E-state index >= 15 is 0 Å². The molecule has 0 amide bonds. The fraction of sp³-hybridized carbons (Fsp3) is 0.429. The highest BCUT2D eigenvalue weighted by molar-refractivity contribution is 5.20. The number of nitrogens with zero attached hydrogens (tertiary/aromatic N) is 1. The molecule has 10 heavy (non-hydrogen) atoms. The zero-order valence-electron chi connectivity index (χ0n) is 5.41. The molecule has 0 aliphatic carbocycles. The van der Waals surface area contributed by atoms with Crippen LogP contribution in [0.1, 0.15) is 0 Å². The van der Waals surface area contributed by atoms with Crippen molar-refractivity contribution in [1.82, 2.24) is 4.90 Å². The van der Waals surface area contributed by atoms with Crippen molar-refractivity contribution in [1.29, 1.82) is 0 Å². The minimum absolute atomic E-state index is 0.519. The maximum absolute atomic E-state index is 5.46. The van der Waals surface area contributed by atoms with E-state index in [2.05, 4.69) is 6.08 Å². The second kappa shape index (κ2) is 1.22. The number of hydrogen-bond acceptors (Lipinski definition) is 3. The Morgan fingerprint density at radius 1 is 1.60 bits per heavy atom.